The van der Waals surface area contributed by atoms with E-state index in [1.807, 2.05) is 0 Å². The summed E-state index contributed by atoms with van der Waals surface area (Å²) in [6.07, 6.45) is 2.41. The van der Waals surface area contributed by atoms with Gasteiger partial charge < -0.3 is 4.74 Å². The van der Waals surface area contributed by atoms with Crippen LogP contribution in [0, 0.1) is 0 Å². The van der Waals surface area contributed by atoms with Crippen LogP contribution in [0.5, 0.6) is 0 Å². The Morgan fingerprint density at radius 2 is 2.19 bits per heavy atom. The third kappa shape index (κ3) is 3.93. The number of aromatic nitrogens is 2. The molecule has 0 bridgehead atoms. The topological polar surface area (TPSA) is 86.2 Å². The number of ether oxygens (including phenoxy) is 1. The average molecular weight is 244 g/mol. The normalized spacial score (nSPS) is 11.1. The molecule has 7 heteroatoms. The van der Waals surface area contributed by atoms with Crippen LogP contribution in [0.1, 0.15) is 23.2 Å². The molecule has 0 atom stereocenters. The van der Waals surface area contributed by atoms with Crippen LogP contribution >= 0.6 is 0 Å². The number of hydrogen-bond acceptors (Lipinski definition) is 6. The Hall–Kier alpha value is -1.50. The lowest BCUT2D eigenvalue weighted by molar-refractivity contribution is 0.0519. The van der Waals surface area contributed by atoms with Crippen molar-refractivity contribution >= 4 is 15.8 Å². The summed E-state index contributed by atoms with van der Waals surface area (Å²) in [7, 11) is -3.21. The zero-order valence-electron chi connectivity index (χ0n) is 9.00. The molecule has 0 unspecified atom stereocenters. The van der Waals surface area contributed by atoms with Crippen LogP contribution in [0.25, 0.3) is 0 Å². The van der Waals surface area contributed by atoms with Gasteiger partial charge >= 0.3 is 5.97 Å². The van der Waals surface area contributed by atoms with Crippen molar-refractivity contribution < 1.29 is 17.9 Å². The van der Waals surface area contributed by atoms with Gasteiger partial charge in [-0.3, -0.25) is 0 Å². The molecule has 0 saturated carbocycles. The first-order valence-electron chi connectivity index (χ1n) is 4.59. The monoisotopic (exact) mass is 244 g/mol. The van der Waals surface area contributed by atoms with Gasteiger partial charge in [-0.15, -0.1) is 0 Å². The predicted octanol–water partition coefficient (Wildman–Crippen LogP) is 0.198. The van der Waals surface area contributed by atoms with Gasteiger partial charge in [-0.1, -0.05) is 0 Å². The third-order valence-corrected chi connectivity index (χ3v) is 2.36. The van der Waals surface area contributed by atoms with Gasteiger partial charge in [0, 0.05) is 12.5 Å². The fraction of sp³-hybridized carbons (Fsp3) is 0.444. The predicted molar refractivity (Wildman–Crippen MR) is 56.5 cm³/mol. The summed E-state index contributed by atoms with van der Waals surface area (Å²) < 4.78 is 26.8. The second-order valence-corrected chi connectivity index (χ2v) is 5.29. The molecule has 0 aliphatic rings. The maximum absolute atomic E-state index is 11.3. The SMILES string of the molecule is CCOC(=O)c1ccnc(CS(C)(=O)=O)n1. The molecule has 1 heterocycles. The number of rotatable bonds is 4. The molecule has 0 amide bonds. The number of hydrogen-bond donors (Lipinski definition) is 0. The van der Waals surface area contributed by atoms with E-state index in [1.54, 1.807) is 6.92 Å². The average Bonchev–Trinajstić information content (AvgIpc) is 2.16. The molecule has 0 saturated heterocycles. The Morgan fingerprint density at radius 1 is 1.50 bits per heavy atom. The Kier molecular flexibility index (Phi) is 3.94. The second kappa shape index (κ2) is 5.02. The Morgan fingerprint density at radius 3 is 2.75 bits per heavy atom. The summed E-state index contributed by atoms with van der Waals surface area (Å²) in [5.41, 5.74) is 0.0653. The largest absolute Gasteiger partial charge is 0.461 e. The molecular weight excluding hydrogens is 232 g/mol. The van der Waals surface area contributed by atoms with Gasteiger partial charge in [-0.05, 0) is 13.0 Å². The van der Waals surface area contributed by atoms with Crippen LogP contribution in [-0.4, -0.2) is 37.2 Å². The van der Waals surface area contributed by atoms with E-state index >= 15 is 0 Å². The first-order chi connectivity index (χ1) is 7.42. The summed E-state index contributed by atoms with van der Waals surface area (Å²) >= 11 is 0. The van der Waals surface area contributed by atoms with Gasteiger partial charge in [0.25, 0.3) is 0 Å². The molecular formula is C9H12N2O4S. The Bertz CT molecular complexity index is 484. The Balaban J connectivity index is 2.91. The summed E-state index contributed by atoms with van der Waals surface area (Å²) in [5.74, 6) is -0.784. The third-order valence-electron chi connectivity index (χ3n) is 1.58. The molecule has 0 aromatic carbocycles. The van der Waals surface area contributed by atoms with Crippen LogP contribution in [-0.2, 0) is 20.3 Å². The second-order valence-electron chi connectivity index (χ2n) is 3.15. The molecule has 1 aromatic heterocycles. The van der Waals surface area contributed by atoms with Crippen molar-refractivity contribution in [1.82, 2.24) is 9.97 Å². The zero-order valence-corrected chi connectivity index (χ0v) is 9.82. The minimum absolute atomic E-state index is 0.0653. The molecule has 0 fully saturated rings. The van der Waals surface area contributed by atoms with Crippen molar-refractivity contribution in [2.75, 3.05) is 12.9 Å². The van der Waals surface area contributed by atoms with Gasteiger partial charge in [0.05, 0.1) is 6.61 Å². The van der Waals surface area contributed by atoms with Crippen molar-refractivity contribution in [2.24, 2.45) is 0 Å². The van der Waals surface area contributed by atoms with E-state index in [2.05, 4.69) is 9.97 Å². The summed E-state index contributed by atoms with van der Waals surface area (Å²) in [4.78, 5) is 18.9. The maximum atomic E-state index is 11.3. The van der Waals surface area contributed by atoms with Gasteiger partial charge in [0.1, 0.15) is 11.6 Å². The number of sulfone groups is 1. The first kappa shape index (κ1) is 12.6. The number of carbonyl (C=O) groups excluding carboxylic acids is 1. The van der Waals surface area contributed by atoms with E-state index in [0.717, 1.165) is 6.26 Å². The molecule has 6 nitrogen and oxygen atoms in total. The fourth-order valence-electron chi connectivity index (χ4n) is 1.02. The summed E-state index contributed by atoms with van der Waals surface area (Å²) in [5, 5.41) is 0. The van der Waals surface area contributed by atoms with Gasteiger partial charge in [-0.2, -0.15) is 0 Å². The van der Waals surface area contributed by atoms with Crippen molar-refractivity contribution in [1.29, 1.82) is 0 Å². The van der Waals surface area contributed by atoms with Crippen LogP contribution < -0.4 is 0 Å². The number of nitrogens with zero attached hydrogens (tertiary/aromatic N) is 2. The van der Waals surface area contributed by atoms with Gasteiger partial charge in [0.2, 0.25) is 0 Å². The maximum Gasteiger partial charge on any atom is 0.357 e. The van der Waals surface area contributed by atoms with Crippen molar-refractivity contribution in [3.05, 3.63) is 23.8 Å². The summed E-state index contributed by atoms with van der Waals surface area (Å²) in [6.45, 7) is 1.92. The highest BCUT2D eigenvalue weighted by atomic mass is 32.2. The van der Waals surface area contributed by atoms with Crippen molar-refractivity contribution in [3.8, 4) is 0 Å². The molecule has 88 valence electrons. The van der Waals surface area contributed by atoms with E-state index in [4.69, 9.17) is 4.74 Å². The highest BCUT2D eigenvalue weighted by molar-refractivity contribution is 7.89. The van der Waals surface area contributed by atoms with Crippen LogP contribution in [0.3, 0.4) is 0 Å². The van der Waals surface area contributed by atoms with Crippen LogP contribution in [0.15, 0.2) is 12.3 Å². The standard InChI is InChI=1S/C9H12N2O4S/c1-3-15-9(12)7-4-5-10-8(11-7)6-16(2,13)14/h4-5H,3,6H2,1-2H3. The molecule has 1 aromatic rings. The van der Waals surface area contributed by atoms with Crippen molar-refractivity contribution in [3.63, 3.8) is 0 Å². The lowest BCUT2D eigenvalue weighted by Gasteiger charge is -2.02. The van der Waals surface area contributed by atoms with E-state index in [9.17, 15) is 13.2 Å². The lowest BCUT2D eigenvalue weighted by atomic mass is 10.4. The summed E-state index contributed by atoms with van der Waals surface area (Å²) in [6, 6.07) is 1.38. The smallest absolute Gasteiger partial charge is 0.357 e. The van der Waals surface area contributed by atoms with Gasteiger partial charge in [-0.25, -0.2) is 23.2 Å². The molecule has 16 heavy (non-hydrogen) atoms. The van der Waals surface area contributed by atoms with Gasteiger partial charge in [0.15, 0.2) is 15.5 Å². The molecule has 1 rings (SSSR count). The van der Waals surface area contributed by atoms with Crippen LogP contribution in [0.4, 0.5) is 0 Å². The quantitative estimate of drug-likeness (QED) is 0.703. The minimum Gasteiger partial charge on any atom is -0.461 e. The highest BCUT2D eigenvalue weighted by Crippen LogP contribution is 2.02. The minimum atomic E-state index is -3.21. The Labute approximate surface area is 93.6 Å². The van der Waals surface area contributed by atoms with E-state index < -0.39 is 15.8 Å². The van der Waals surface area contributed by atoms with E-state index in [1.165, 1.54) is 12.3 Å². The molecule has 0 aliphatic heterocycles. The number of carbonyl (C=O) groups is 1. The van der Waals surface area contributed by atoms with E-state index in [-0.39, 0.29) is 23.9 Å². The van der Waals surface area contributed by atoms with Crippen LogP contribution in [0.2, 0.25) is 0 Å². The fourth-order valence-corrected chi connectivity index (χ4v) is 1.63. The molecule has 0 aliphatic carbocycles. The zero-order chi connectivity index (χ0) is 12.2. The molecule has 0 radical (unpaired) electrons. The first-order valence-corrected chi connectivity index (χ1v) is 6.65. The highest BCUT2D eigenvalue weighted by Gasteiger charge is 2.12. The number of esters is 1. The van der Waals surface area contributed by atoms with E-state index in [0.29, 0.717) is 0 Å². The molecule has 0 N–H and O–H groups in total. The van der Waals surface area contributed by atoms with Crippen molar-refractivity contribution in [2.45, 2.75) is 12.7 Å². The lowest BCUT2D eigenvalue weighted by Crippen LogP contribution is -2.11. The molecule has 0 spiro atoms.